The van der Waals surface area contributed by atoms with Crippen LogP contribution in [0.2, 0.25) is 0 Å². The van der Waals surface area contributed by atoms with Crippen molar-refractivity contribution in [2.45, 2.75) is 27.3 Å². The second-order valence-corrected chi connectivity index (χ2v) is 5.33. The Hall–Kier alpha value is -2.86. The zero-order chi connectivity index (χ0) is 18.3. The minimum Gasteiger partial charge on any atom is -0.478 e. The summed E-state index contributed by atoms with van der Waals surface area (Å²) < 4.78 is 2.18. The molecule has 2 rings (SSSR count). The minimum atomic E-state index is -1.26. The maximum absolute atomic E-state index is 9.55. The quantitative estimate of drug-likeness (QED) is 0.747. The molecule has 24 heavy (non-hydrogen) atoms. The van der Waals surface area contributed by atoms with Crippen LogP contribution in [0.5, 0.6) is 0 Å². The van der Waals surface area contributed by atoms with Crippen LogP contribution in [-0.2, 0) is 16.1 Å². The molecule has 0 unspecified atom stereocenters. The first-order valence-electron chi connectivity index (χ1n) is 7.34. The summed E-state index contributed by atoms with van der Waals surface area (Å²) in [5.74, 6) is -2.51. The number of nitrogens with zero attached hydrogens (tertiary/aromatic N) is 1. The fourth-order valence-corrected chi connectivity index (χ4v) is 2.50. The normalized spacial score (nSPS) is 10.3. The number of nitrogens with two attached hydrogens (primary N) is 1. The largest absolute Gasteiger partial charge is 0.478 e. The van der Waals surface area contributed by atoms with Crippen LogP contribution in [0.4, 0.5) is 0 Å². The van der Waals surface area contributed by atoms with Gasteiger partial charge < -0.3 is 20.5 Å². The Morgan fingerprint density at radius 2 is 1.58 bits per heavy atom. The maximum atomic E-state index is 9.55. The summed E-state index contributed by atoms with van der Waals surface area (Å²) in [4.78, 5) is 19.1. The third-order valence-corrected chi connectivity index (χ3v) is 3.29. The van der Waals surface area contributed by atoms with Crippen LogP contribution in [-0.4, -0.2) is 26.7 Å². The molecule has 0 saturated heterocycles. The SMILES string of the molecule is Cc1cc(C)c(-n2cccc2CN)c(C)c1.O=C(O)/C=C/C(=O)O. The van der Waals surface area contributed by atoms with Gasteiger partial charge in [-0.15, -0.1) is 0 Å². The van der Waals surface area contributed by atoms with E-state index in [-0.39, 0.29) is 0 Å². The molecule has 0 fully saturated rings. The van der Waals surface area contributed by atoms with Crippen LogP contribution in [0.15, 0.2) is 42.6 Å². The first-order chi connectivity index (χ1) is 11.3. The average Bonchev–Trinajstić information content (AvgIpc) is 2.93. The van der Waals surface area contributed by atoms with Gasteiger partial charge in [0.25, 0.3) is 0 Å². The number of rotatable bonds is 4. The van der Waals surface area contributed by atoms with E-state index in [1.54, 1.807) is 0 Å². The molecule has 0 bridgehead atoms. The van der Waals surface area contributed by atoms with E-state index in [4.69, 9.17) is 15.9 Å². The van der Waals surface area contributed by atoms with Gasteiger partial charge in [-0.25, -0.2) is 9.59 Å². The molecule has 6 heteroatoms. The van der Waals surface area contributed by atoms with Crippen molar-refractivity contribution >= 4 is 11.9 Å². The average molecular weight is 330 g/mol. The van der Waals surface area contributed by atoms with Crippen LogP contribution < -0.4 is 5.73 Å². The topological polar surface area (TPSA) is 106 Å². The van der Waals surface area contributed by atoms with Crippen molar-refractivity contribution < 1.29 is 19.8 Å². The Bertz CT molecular complexity index is 721. The summed E-state index contributed by atoms with van der Waals surface area (Å²) in [7, 11) is 0. The minimum absolute atomic E-state index is 0.558. The number of carbonyl (C=O) groups is 2. The van der Waals surface area contributed by atoms with E-state index in [0.29, 0.717) is 18.7 Å². The van der Waals surface area contributed by atoms with E-state index in [9.17, 15) is 9.59 Å². The smallest absolute Gasteiger partial charge is 0.328 e. The number of carboxylic acids is 2. The fraction of sp³-hybridized carbons (Fsp3) is 0.222. The monoisotopic (exact) mass is 330 g/mol. The number of hydrogen-bond acceptors (Lipinski definition) is 3. The highest BCUT2D eigenvalue weighted by molar-refractivity contribution is 5.89. The van der Waals surface area contributed by atoms with Crippen LogP contribution >= 0.6 is 0 Å². The highest BCUT2D eigenvalue weighted by atomic mass is 16.4. The third kappa shape index (κ3) is 5.40. The van der Waals surface area contributed by atoms with Gasteiger partial charge in [-0.3, -0.25) is 0 Å². The molecule has 2 aromatic rings. The standard InChI is InChI=1S/C14H18N2.C4H4O4/c1-10-7-11(2)14(12(3)8-10)16-6-4-5-13(16)9-15;5-3(6)1-2-4(7)8/h4-8H,9,15H2,1-3H3;1-2H,(H,5,6)(H,7,8)/b;2-1+. The van der Waals surface area contributed by atoms with Crippen LogP contribution in [0.1, 0.15) is 22.4 Å². The van der Waals surface area contributed by atoms with Crippen molar-refractivity contribution in [3.05, 3.63) is 65.0 Å². The highest BCUT2D eigenvalue weighted by Gasteiger charge is 2.08. The lowest BCUT2D eigenvalue weighted by atomic mass is 10.0. The number of aliphatic carboxylic acids is 2. The van der Waals surface area contributed by atoms with Crippen LogP contribution in [0.25, 0.3) is 5.69 Å². The second-order valence-electron chi connectivity index (χ2n) is 5.33. The van der Waals surface area contributed by atoms with Crippen molar-refractivity contribution in [2.24, 2.45) is 5.73 Å². The van der Waals surface area contributed by atoms with Crippen molar-refractivity contribution in [3.8, 4) is 5.69 Å². The van der Waals surface area contributed by atoms with Crippen LogP contribution in [0.3, 0.4) is 0 Å². The third-order valence-electron chi connectivity index (χ3n) is 3.29. The molecular weight excluding hydrogens is 308 g/mol. The Labute approximate surface area is 140 Å². The molecule has 0 radical (unpaired) electrons. The predicted octanol–water partition coefficient (Wildman–Crippen LogP) is 2.57. The van der Waals surface area contributed by atoms with Crippen molar-refractivity contribution in [1.82, 2.24) is 4.57 Å². The van der Waals surface area contributed by atoms with Gasteiger partial charge in [0.1, 0.15) is 0 Å². The summed E-state index contributed by atoms with van der Waals surface area (Å²) in [5.41, 5.74) is 12.0. The Balaban J connectivity index is 0.000000307. The molecular formula is C18H22N2O4. The van der Waals surface area contributed by atoms with Gasteiger partial charge >= 0.3 is 11.9 Å². The van der Waals surface area contributed by atoms with Gasteiger partial charge in [0.05, 0.1) is 5.69 Å². The van der Waals surface area contributed by atoms with E-state index >= 15 is 0 Å². The van der Waals surface area contributed by atoms with Crippen LogP contribution in [0, 0.1) is 20.8 Å². The molecule has 1 heterocycles. The van der Waals surface area contributed by atoms with E-state index in [2.05, 4.69) is 49.7 Å². The maximum Gasteiger partial charge on any atom is 0.328 e. The number of aromatic nitrogens is 1. The number of aryl methyl sites for hydroxylation is 3. The first kappa shape index (κ1) is 19.2. The predicted molar refractivity (Wildman–Crippen MR) is 92.3 cm³/mol. The molecule has 0 saturated carbocycles. The number of hydrogen-bond donors (Lipinski definition) is 3. The molecule has 1 aromatic heterocycles. The van der Waals surface area contributed by atoms with E-state index in [1.165, 1.54) is 22.4 Å². The second kappa shape index (κ2) is 8.69. The Morgan fingerprint density at radius 1 is 1.08 bits per heavy atom. The molecule has 4 N–H and O–H groups in total. The van der Waals surface area contributed by atoms with Gasteiger partial charge in [-0.2, -0.15) is 0 Å². The molecule has 0 spiro atoms. The summed E-state index contributed by atoms with van der Waals surface area (Å²) >= 11 is 0. The van der Waals surface area contributed by atoms with Crippen molar-refractivity contribution in [1.29, 1.82) is 0 Å². The molecule has 0 aliphatic rings. The Morgan fingerprint density at radius 3 is 2.00 bits per heavy atom. The number of carboxylic acid groups (broad SMARTS) is 2. The summed E-state index contributed by atoms with van der Waals surface area (Å²) in [5, 5.41) is 15.6. The van der Waals surface area contributed by atoms with Gasteiger partial charge in [0, 0.05) is 30.6 Å². The van der Waals surface area contributed by atoms with Gasteiger partial charge in [0.2, 0.25) is 0 Å². The number of benzene rings is 1. The summed E-state index contributed by atoms with van der Waals surface area (Å²) in [6.45, 7) is 6.99. The zero-order valence-corrected chi connectivity index (χ0v) is 14.0. The molecule has 6 nitrogen and oxygen atoms in total. The summed E-state index contributed by atoms with van der Waals surface area (Å²) in [6.07, 6.45) is 3.19. The lowest BCUT2D eigenvalue weighted by molar-refractivity contribution is -0.134. The molecule has 1 aromatic carbocycles. The summed E-state index contributed by atoms with van der Waals surface area (Å²) in [6, 6.07) is 8.53. The molecule has 0 amide bonds. The molecule has 0 aliphatic carbocycles. The van der Waals surface area contributed by atoms with E-state index < -0.39 is 11.9 Å². The Kier molecular flexibility index (Phi) is 6.95. The highest BCUT2D eigenvalue weighted by Crippen LogP contribution is 2.22. The molecule has 0 atom stereocenters. The van der Waals surface area contributed by atoms with Gasteiger partial charge in [-0.05, 0) is 44.0 Å². The molecule has 128 valence electrons. The zero-order valence-electron chi connectivity index (χ0n) is 14.0. The fourth-order valence-electron chi connectivity index (χ4n) is 2.50. The van der Waals surface area contributed by atoms with E-state index in [1.807, 2.05) is 6.07 Å². The molecule has 0 aliphatic heterocycles. The van der Waals surface area contributed by atoms with Gasteiger partial charge in [0.15, 0.2) is 0 Å². The van der Waals surface area contributed by atoms with Crippen molar-refractivity contribution in [2.75, 3.05) is 0 Å². The van der Waals surface area contributed by atoms with Gasteiger partial charge in [-0.1, -0.05) is 17.7 Å². The first-order valence-corrected chi connectivity index (χ1v) is 7.34. The van der Waals surface area contributed by atoms with Crippen molar-refractivity contribution in [3.63, 3.8) is 0 Å². The lowest BCUT2D eigenvalue weighted by Gasteiger charge is -2.15. The lowest BCUT2D eigenvalue weighted by Crippen LogP contribution is -2.07. The van der Waals surface area contributed by atoms with E-state index in [0.717, 1.165) is 5.69 Å².